The van der Waals surface area contributed by atoms with Crippen molar-refractivity contribution in [3.8, 4) is 0 Å². The summed E-state index contributed by atoms with van der Waals surface area (Å²) >= 11 is 1.07. The van der Waals surface area contributed by atoms with Gasteiger partial charge in [0.2, 0.25) is 15.2 Å². The van der Waals surface area contributed by atoms with Gasteiger partial charge in [-0.25, -0.2) is 13.4 Å². The van der Waals surface area contributed by atoms with Gasteiger partial charge in [0.15, 0.2) is 0 Å². The molecule has 2 fully saturated rings. The maximum absolute atomic E-state index is 12.7. The van der Waals surface area contributed by atoms with Crippen LogP contribution < -0.4 is 0 Å². The van der Waals surface area contributed by atoms with Crippen LogP contribution in [0.1, 0.15) is 50.3 Å². The monoisotopic (exact) mass is 423 g/mol. The fraction of sp³-hybridized carbons (Fsp3) is 0.529. The molecule has 0 atom stereocenters. The minimum atomic E-state index is -3.71. The van der Waals surface area contributed by atoms with E-state index >= 15 is 0 Å². The van der Waals surface area contributed by atoms with Crippen molar-refractivity contribution >= 4 is 27.5 Å². The van der Waals surface area contributed by atoms with Gasteiger partial charge < -0.3 is 0 Å². The molecule has 1 aromatic carbocycles. The fourth-order valence-corrected chi connectivity index (χ4v) is 6.09. The zero-order chi connectivity index (χ0) is 19.7. The molecule has 4 rings (SSSR count). The first-order valence-corrected chi connectivity index (χ1v) is 11.6. The fourth-order valence-electron chi connectivity index (χ4n) is 3.75. The van der Waals surface area contributed by atoms with Gasteiger partial charge in [-0.05, 0) is 49.6 Å². The first-order chi connectivity index (χ1) is 13.4. The Balaban J connectivity index is 1.60. The molecule has 1 aliphatic carbocycles. The van der Waals surface area contributed by atoms with Gasteiger partial charge in [-0.15, -0.1) is 5.10 Å². The highest BCUT2D eigenvalue weighted by Crippen LogP contribution is 2.37. The van der Waals surface area contributed by atoms with E-state index in [0.717, 1.165) is 49.3 Å². The van der Waals surface area contributed by atoms with Crippen molar-refractivity contribution in [2.24, 2.45) is 0 Å². The van der Waals surface area contributed by atoms with Crippen LogP contribution in [-0.2, 0) is 10.0 Å². The molecule has 2 heterocycles. The lowest BCUT2D eigenvalue weighted by Crippen LogP contribution is -2.27. The summed E-state index contributed by atoms with van der Waals surface area (Å²) in [4.78, 5) is 15.7. The topological polar surface area (TPSA) is 122 Å². The second kappa shape index (κ2) is 7.80. The van der Waals surface area contributed by atoms with Crippen molar-refractivity contribution in [2.45, 2.75) is 59.4 Å². The van der Waals surface area contributed by atoms with E-state index < -0.39 is 14.9 Å². The Kier molecular flexibility index (Phi) is 5.39. The molecular weight excluding hydrogens is 402 g/mol. The third kappa shape index (κ3) is 3.78. The highest BCUT2D eigenvalue weighted by Gasteiger charge is 2.30. The molecule has 0 unspecified atom stereocenters. The van der Waals surface area contributed by atoms with Gasteiger partial charge in [0, 0.05) is 25.1 Å². The van der Waals surface area contributed by atoms with Crippen LogP contribution in [0.2, 0.25) is 0 Å². The van der Waals surface area contributed by atoms with Gasteiger partial charge >= 0.3 is 0 Å². The van der Waals surface area contributed by atoms with Crippen molar-refractivity contribution in [1.29, 1.82) is 0 Å². The summed E-state index contributed by atoms with van der Waals surface area (Å²) in [5, 5.41) is 19.1. The summed E-state index contributed by atoms with van der Waals surface area (Å²) in [5.41, 5.74) is -0.252. The summed E-state index contributed by atoms with van der Waals surface area (Å²) in [6.45, 7) is 0.904. The number of aromatic nitrogens is 3. The zero-order valence-electron chi connectivity index (χ0n) is 15.2. The Morgan fingerprint density at radius 3 is 2.57 bits per heavy atom. The Morgan fingerprint density at radius 2 is 1.89 bits per heavy atom. The van der Waals surface area contributed by atoms with E-state index in [0.29, 0.717) is 29.1 Å². The molecule has 9 nitrogen and oxygen atoms in total. The van der Waals surface area contributed by atoms with Crippen LogP contribution in [0.15, 0.2) is 33.1 Å². The molecule has 2 aliphatic rings. The number of aromatic amines is 1. The first-order valence-electron chi connectivity index (χ1n) is 9.34. The van der Waals surface area contributed by atoms with Crippen molar-refractivity contribution in [3.63, 3.8) is 0 Å². The highest BCUT2D eigenvalue weighted by atomic mass is 32.2. The summed E-state index contributed by atoms with van der Waals surface area (Å²) in [6, 6.07) is 4.03. The van der Waals surface area contributed by atoms with E-state index in [-0.39, 0.29) is 10.6 Å². The molecule has 0 spiro atoms. The minimum absolute atomic E-state index is 0.0490. The number of rotatable bonds is 6. The van der Waals surface area contributed by atoms with Crippen LogP contribution in [0.25, 0.3) is 0 Å². The SMILES string of the molecule is O=[N+]([O-])c1cc(S(=O)(=O)N2CCCC2)ccc1Sc1n[nH]c(C2CCCC2)n1. The first kappa shape index (κ1) is 19.3. The van der Waals surface area contributed by atoms with Crippen molar-refractivity contribution < 1.29 is 13.3 Å². The number of nitrogens with one attached hydrogen (secondary N) is 1. The molecule has 2 aromatic rings. The third-order valence-electron chi connectivity index (χ3n) is 5.26. The van der Waals surface area contributed by atoms with Crippen LogP contribution in [0.5, 0.6) is 0 Å². The molecule has 1 N–H and O–H groups in total. The zero-order valence-corrected chi connectivity index (χ0v) is 16.8. The lowest BCUT2D eigenvalue weighted by Gasteiger charge is -2.15. The number of nitro groups is 1. The second-order valence-electron chi connectivity index (χ2n) is 7.08. The van der Waals surface area contributed by atoms with Gasteiger partial charge in [-0.2, -0.15) is 4.31 Å². The largest absolute Gasteiger partial charge is 0.284 e. The maximum atomic E-state index is 12.7. The van der Waals surface area contributed by atoms with E-state index in [9.17, 15) is 18.5 Å². The predicted molar refractivity (Wildman–Crippen MR) is 103 cm³/mol. The summed E-state index contributed by atoms with van der Waals surface area (Å²) in [6.07, 6.45) is 6.11. The number of sulfonamides is 1. The molecule has 0 bridgehead atoms. The van der Waals surface area contributed by atoms with Gasteiger partial charge in [0.25, 0.3) is 5.69 Å². The Hall–Kier alpha value is -1.98. The van der Waals surface area contributed by atoms with E-state index in [1.807, 2.05) is 0 Å². The minimum Gasteiger partial charge on any atom is -0.262 e. The van der Waals surface area contributed by atoms with E-state index in [4.69, 9.17) is 0 Å². The average Bonchev–Trinajstić information content (AvgIpc) is 3.43. The predicted octanol–water partition coefficient (Wildman–Crippen LogP) is 3.31. The average molecular weight is 424 g/mol. The number of nitro benzene ring substituents is 1. The number of nitrogens with zero attached hydrogens (tertiary/aromatic N) is 4. The summed E-state index contributed by atoms with van der Waals surface area (Å²) < 4.78 is 26.8. The van der Waals surface area contributed by atoms with E-state index in [2.05, 4.69) is 15.2 Å². The Bertz CT molecular complexity index is 979. The molecule has 1 aliphatic heterocycles. The molecular formula is C17H21N5O4S2. The van der Waals surface area contributed by atoms with Crippen molar-refractivity contribution in [3.05, 3.63) is 34.1 Å². The smallest absolute Gasteiger partial charge is 0.262 e. The normalized spacial score (nSPS) is 18.7. The van der Waals surface area contributed by atoms with Crippen LogP contribution in [-0.4, -0.2) is 45.9 Å². The number of benzene rings is 1. The lowest BCUT2D eigenvalue weighted by molar-refractivity contribution is -0.388. The van der Waals surface area contributed by atoms with E-state index in [1.54, 1.807) is 0 Å². The Labute approximate surface area is 167 Å². The summed E-state index contributed by atoms with van der Waals surface area (Å²) in [7, 11) is -3.71. The van der Waals surface area contributed by atoms with Crippen molar-refractivity contribution in [2.75, 3.05) is 13.1 Å². The van der Waals surface area contributed by atoms with Gasteiger partial charge in [0.1, 0.15) is 5.82 Å². The second-order valence-corrected chi connectivity index (χ2v) is 10.0. The maximum Gasteiger partial charge on any atom is 0.284 e. The number of H-pyrrole nitrogens is 1. The number of hydrogen-bond acceptors (Lipinski definition) is 7. The van der Waals surface area contributed by atoms with Crippen LogP contribution in [0, 0.1) is 10.1 Å². The number of hydrogen-bond donors (Lipinski definition) is 1. The lowest BCUT2D eigenvalue weighted by atomic mass is 10.1. The molecule has 150 valence electrons. The molecule has 0 amide bonds. The van der Waals surface area contributed by atoms with Gasteiger partial charge in [0.05, 0.1) is 14.7 Å². The quantitative estimate of drug-likeness (QED) is 0.558. The molecule has 28 heavy (non-hydrogen) atoms. The molecule has 1 saturated heterocycles. The van der Waals surface area contributed by atoms with Crippen LogP contribution >= 0.6 is 11.8 Å². The van der Waals surface area contributed by atoms with Gasteiger partial charge in [-0.1, -0.05) is 12.8 Å². The van der Waals surface area contributed by atoms with Crippen LogP contribution in [0.3, 0.4) is 0 Å². The highest BCUT2D eigenvalue weighted by molar-refractivity contribution is 7.99. The van der Waals surface area contributed by atoms with Crippen molar-refractivity contribution in [1.82, 2.24) is 19.5 Å². The van der Waals surface area contributed by atoms with Crippen LogP contribution in [0.4, 0.5) is 5.69 Å². The van der Waals surface area contributed by atoms with E-state index in [1.165, 1.54) is 29.3 Å². The molecule has 0 radical (unpaired) electrons. The third-order valence-corrected chi connectivity index (χ3v) is 8.08. The Morgan fingerprint density at radius 1 is 1.18 bits per heavy atom. The standard InChI is InChI=1S/C17H21N5O4S2/c23-22(24)14-11-13(28(25,26)21-9-3-4-10-21)7-8-15(14)27-17-18-16(19-20-17)12-5-1-2-6-12/h7-8,11-12H,1-6,9-10H2,(H,18,19,20). The molecule has 11 heteroatoms. The molecule has 1 saturated carbocycles. The molecule has 1 aromatic heterocycles. The summed E-state index contributed by atoms with van der Waals surface area (Å²) in [5.74, 6) is 1.18. The van der Waals surface area contributed by atoms with Gasteiger partial charge in [-0.3, -0.25) is 15.2 Å².